The molecule has 106 valence electrons. The number of methoxy groups -OCH3 is 2. The average Bonchev–Trinajstić information content (AvgIpc) is 2.41. The number of nitrogens with one attached hydrogen (secondary N) is 1. The predicted molar refractivity (Wildman–Crippen MR) is 74.9 cm³/mol. The number of benzene rings is 1. The molecule has 0 aromatic heterocycles. The lowest BCUT2D eigenvalue weighted by Crippen LogP contribution is -2.42. The summed E-state index contributed by atoms with van der Waals surface area (Å²) < 4.78 is 24.3. The second kappa shape index (κ2) is 6.70. The molecule has 1 N–H and O–H groups in total. The van der Waals surface area contributed by atoms with Crippen LogP contribution in [0.25, 0.3) is 0 Å². The van der Waals surface area contributed by atoms with Crippen LogP contribution in [0.15, 0.2) is 23.1 Å². The Kier molecular flexibility index (Phi) is 5.21. The molecule has 2 atom stereocenters. The maximum atomic E-state index is 13.8. The molecule has 0 saturated carbocycles. The quantitative estimate of drug-likeness (QED) is 0.843. The van der Waals surface area contributed by atoms with E-state index in [2.05, 4.69) is 5.32 Å². The van der Waals surface area contributed by atoms with E-state index < -0.39 is 0 Å². The van der Waals surface area contributed by atoms with Gasteiger partial charge in [-0.3, -0.25) is 0 Å². The van der Waals surface area contributed by atoms with Gasteiger partial charge in [0.2, 0.25) is 0 Å². The van der Waals surface area contributed by atoms with Crippen LogP contribution in [0.2, 0.25) is 0 Å². The first-order valence-electron chi connectivity index (χ1n) is 6.40. The molecule has 1 aliphatic heterocycles. The Balaban J connectivity index is 2.13. The Morgan fingerprint density at radius 2 is 2.11 bits per heavy atom. The van der Waals surface area contributed by atoms with E-state index in [4.69, 9.17) is 9.47 Å². The van der Waals surface area contributed by atoms with Gasteiger partial charge in [-0.2, -0.15) is 0 Å². The lowest BCUT2D eigenvalue weighted by molar-refractivity contribution is -0.121. The van der Waals surface area contributed by atoms with E-state index in [-0.39, 0.29) is 24.2 Å². The molecule has 0 bridgehead atoms. The third-order valence-electron chi connectivity index (χ3n) is 3.36. The monoisotopic (exact) mass is 285 g/mol. The predicted octanol–water partition coefficient (Wildman–Crippen LogP) is 2.96. The minimum atomic E-state index is -0.299. The van der Waals surface area contributed by atoms with Gasteiger partial charge >= 0.3 is 0 Å². The average molecular weight is 285 g/mol. The molecule has 0 radical (unpaired) electrons. The zero-order valence-corrected chi connectivity index (χ0v) is 12.3. The van der Waals surface area contributed by atoms with Crippen LogP contribution < -0.4 is 5.32 Å². The van der Waals surface area contributed by atoms with Crippen molar-refractivity contribution in [2.75, 3.05) is 20.0 Å². The summed E-state index contributed by atoms with van der Waals surface area (Å²) in [6.07, 6.45) is 0.678. The summed E-state index contributed by atoms with van der Waals surface area (Å²) in [7, 11) is 3.24. The third kappa shape index (κ3) is 3.28. The Labute approximate surface area is 117 Å². The van der Waals surface area contributed by atoms with E-state index in [0.717, 1.165) is 22.6 Å². The van der Waals surface area contributed by atoms with Crippen LogP contribution in [-0.4, -0.2) is 32.3 Å². The minimum absolute atomic E-state index is 0.0409. The number of fused-ring (bicyclic) bond motifs is 1. The number of thioether (sulfide) groups is 1. The first kappa shape index (κ1) is 14.8. The van der Waals surface area contributed by atoms with E-state index in [9.17, 15) is 4.39 Å². The summed E-state index contributed by atoms with van der Waals surface area (Å²) in [4.78, 5) is 0.768. The molecule has 0 fully saturated rings. The van der Waals surface area contributed by atoms with Crippen LogP contribution >= 0.6 is 11.8 Å². The van der Waals surface area contributed by atoms with Crippen molar-refractivity contribution in [3.63, 3.8) is 0 Å². The number of halogens is 1. The fourth-order valence-electron chi connectivity index (χ4n) is 2.46. The van der Waals surface area contributed by atoms with Crippen molar-refractivity contribution in [1.29, 1.82) is 0 Å². The molecule has 1 aliphatic rings. The van der Waals surface area contributed by atoms with E-state index in [1.54, 1.807) is 32.0 Å². The summed E-state index contributed by atoms with van der Waals surface area (Å²) in [5, 5.41) is 3.47. The van der Waals surface area contributed by atoms with Crippen LogP contribution in [-0.2, 0) is 9.47 Å². The van der Waals surface area contributed by atoms with Crippen LogP contribution in [0, 0.1) is 5.82 Å². The van der Waals surface area contributed by atoms with Gasteiger partial charge in [0, 0.05) is 25.2 Å². The summed E-state index contributed by atoms with van der Waals surface area (Å²) in [5.74, 6) is 0.792. The highest BCUT2D eigenvalue weighted by Crippen LogP contribution is 2.38. The van der Waals surface area contributed by atoms with Gasteiger partial charge in [-0.1, -0.05) is 12.1 Å². The summed E-state index contributed by atoms with van der Waals surface area (Å²) >= 11 is 1.59. The van der Waals surface area contributed by atoms with E-state index in [1.165, 1.54) is 6.07 Å². The van der Waals surface area contributed by atoms with Crippen LogP contribution in [0.1, 0.15) is 24.9 Å². The van der Waals surface area contributed by atoms with E-state index in [0.29, 0.717) is 0 Å². The maximum Gasteiger partial charge on any atom is 0.171 e. The highest BCUT2D eigenvalue weighted by molar-refractivity contribution is 7.99. The number of hydrogen-bond acceptors (Lipinski definition) is 4. The standard InChI is InChI=1S/C14H20FNO2S/c1-9(14(17-2)18-3)16-12-7-8-19-13-10(12)5-4-6-11(13)15/h4-6,9,12,14,16H,7-8H2,1-3H3. The smallest absolute Gasteiger partial charge is 0.171 e. The van der Waals surface area contributed by atoms with Gasteiger partial charge in [0.25, 0.3) is 0 Å². The minimum Gasteiger partial charge on any atom is -0.354 e. The maximum absolute atomic E-state index is 13.8. The highest BCUT2D eigenvalue weighted by atomic mass is 32.2. The number of rotatable bonds is 5. The summed E-state index contributed by atoms with van der Waals surface area (Å²) in [6.45, 7) is 2.01. The summed E-state index contributed by atoms with van der Waals surface area (Å²) in [5.41, 5.74) is 1.04. The SMILES string of the molecule is COC(OC)C(C)NC1CCSc2c(F)cccc21. The van der Waals surface area contributed by atoms with Crippen molar-refractivity contribution >= 4 is 11.8 Å². The van der Waals surface area contributed by atoms with Gasteiger partial charge in [0.05, 0.1) is 6.04 Å². The number of ether oxygens (including phenoxy) is 2. The van der Waals surface area contributed by atoms with Crippen molar-refractivity contribution < 1.29 is 13.9 Å². The van der Waals surface area contributed by atoms with Gasteiger partial charge in [0.1, 0.15) is 5.82 Å². The normalized spacial score (nSPS) is 20.4. The molecule has 0 saturated heterocycles. The molecule has 2 unspecified atom stereocenters. The lowest BCUT2D eigenvalue weighted by atomic mass is 10.0. The second-order valence-corrected chi connectivity index (χ2v) is 5.75. The molecule has 1 aromatic carbocycles. The molecule has 0 spiro atoms. The van der Waals surface area contributed by atoms with Crippen molar-refractivity contribution in [3.05, 3.63) is 29.6 Å². The van der Waals surface area contributed by atoms with Gasteiger partial charge in [-0.05, 0) is 30.7 Å². The fourth-order valence-corrected chi connectivity index (χ4v) is 3.60. The Morgan fingerprint density at radius 3 is 2.79 bits per heavy atom. The third-order valence-corrected chi connectivity index (χ3v) is 4.52. The van der Waals surface area contributed by atoms with Crippen LogP contribution in [0.3, 0.4) is 0 Å². The summed E-state index contributed by atoms with van der Waals surface area (Å²) in [6, 6.07) is 5.46. The first-order chi connectivity index (χ1) is 9.17. The molecular weight excluding hydrogens is 265 g/mol. The van der Waals surface area contributed by atoms with Gasteiger partial charge < -0.3 is 14.8 Å². The van der Waals surface area contributed by atoms with Gasteiger partial charge in [-0.25, -0.2) is 4.39 Å². The molecule has 0 amide bonds. The van der Waals surface area contributed by atoms with E-state index in [1.807, 2.05) is 13.0 Å². The largest absolute Gasteiger partial charge is 0.354 e. The molecule has 5 heteroatoms. The lowest BCUT2D eigenvalue weighted by Gasteiger charge is -2.31. The zero-order valence-electron chi connectivity index (χ0n) is 11.5. The highest BCUT2D eigenvalue weighted by Gasteiger charge is 2.26. The molecular formula is C14H20FNO2S. The number of hydrogen-bond donors (Lipinski definition) is 1. The van der Waals surface area contributed by atoms with Gasteiger partial charge in [0.15, 0.2) is 6.29 Å². The first-order valence-corrected chi connectivity index (χ1v) is 7.38. The molecule has 3 nitrogen and oxygen atoms in total. The van der Waals surface area contributed by atoms with Gasteiger partial charge in [-0.15, -0.1) is 11.8 Å². The Morgan fingerprint density at radius 1 is 1.37 bits per heavy atom. The Hall–Kier alpha value is -0.620. The molecule has 1 heterocycles. The zero-order chi connectivity index (χ0) is 13.8. The van der Waals surface area contributed by atoms with Crippen LogP contribution in [0.5, 0.6) is 0 Å². The van der Waals surface area contributed by atoms with Crippen molar-refractivity contribution in [2.45, 2.75) is 36.6 Å². The Bertz CT molecular complexity index is 426. The molecule has 0 aliphatic carbocycles. The van der Waals surface area contributed by atoms with E-state index >= 15 is 0 Å². The second-order valence-electron chi connectivity index (χ2n) is 4.64. The van der Waals surface area contributed by atoms with Crippen LogP contribution in [0.4, 0.5) is 4.39 Å². The molecule has 1 aromatic rings. The van der Waals surface area contributed by atoms with Crippen molar-refractivity contribution in [3.8, 4) is 0 Å². The molecule has 2 rings (SSSR count). The van der Waals surface area contributed by atoms with Crippen molar-refractivity contribution in [1.82, 2.24) is 5.32 Å². The topological polar surface area (TPSA) is 30.5 Å². The fraction of sp³-hybridized carbons (Fsp3) is 0.571. The molecule has 19 heavy (non-hydrogen) atoms. The van der Waals surface area contributed by atoms with Crippen molar-refractivity contribution in [2.24, 2.45) is 0 Å².